The number of nitrogens with zero attached hydrogens (tertiary/aromatic N) is 2. The molecule has 2 heterocycles. The van der Waals surface area contributed by atoms with E-state index in [4.69, 9.17) is 4.74 Å². The van der Waals surface area contributed by atoms with Gasteiger partial charge in [-0.2, -0.15) is 0 Å². The van der Waals surface area contributed by atoms with Crippen LogP contribution in [-0.4, -0.2) is 28.1 Å². The van der Waals surface area contributed by atoms with E-state index in [0.29, 0.717) is 10.2 Å². The Bertz CT molecular complexity index is 1190. The molecule has 29 heavy (non-hydrogen) atoms. The van der Waals surface area contributed by atoms with Gasteiger partial charge in [-0.15, -0.1) is 11.3 Å². The summed E-state index contributed by atoms with van der Waals surface area (Å²) in [5.74, 6) is -0.985. The Kier molecular flexibility index (Phi) is 5.97. The van der Waals surface area contributed by atoms with Gasteiger partial charge in [0.2, 0.25) is 5.91 Å². The smallest absolute Gasteiger partial charge is 0.339 e. The van der Waals surface area contributed by atoms with Crippen molar-refractivity contribution in [2.24, 2.45) is 5.92 Å². The fourth-order valence-electron chi connectivity index (χ4n) is 3.03. The van der Waals surface area contributed by atoms with Crippen LogP contribution < -0.4 is 16.6 Å². The summed E-state index contributed by atoms with van der Waals surface area (Å²) in [6, 6.07) is 8.09. The summed E-state index contributed by atoms with van der Waals surface area (Å²) in [7, 11) is 1.26. The van der Waals surface area contributed by atoms with Crippen LogP contribution in [-0.2, 0) is 22.6 Å². The van der Waals surface area contributed by atoms with Crippen molar-refractivity contribution in [1.29, 1.82) is 0 Å². The third-order valence-electron chi connectivity index (χ3n) is 4.29. The van der Waals surface area contributed by atoms with E-state index in [1.54, 1.807) is 29.6 Å². The molecule has 1 amide bonds. The Morgan fingerprint density at radius 2 is 1.86 bits per heavy atom. The molecule has 3 rings (SSSR count). The maximum Gasteiger partial charge on any atom is 0.339 e. The lowest BCUT2D eigenvalue weighted by Gasteiger charge is -2.14. The number of carbonyl (C=O) groups excluding carboxylic acids is 2. The Hall–Kier alpha value is -3.20. The lowest BCUT2D eigenvalue weighted by molar-refractivity contribution is -0.116. The van der Waals surface area contributed by atoms with Gasteiger partial charge in [-0.1, -0.05) is 26.0 Å². The van der Waals surface area contributed by atoms with E-state index >= 15 is 0 Å². The molecular formula is C20H21N3O5S. The van der Waals surface area contributed by atoms with Crippen LogP contribution in [0.3, 0.4) is 0 Å². The minimum Gasteiger partial charge on any atom is -0.465 e. The number of carbonyl (C=O) groups is 2. The van der Waals surface area contributed by atoms with Crippen LogP contribution in [0.1, 0.15) is 24.2 Å². The molecule has 8 nitrogen and oxygen atoms in total. The second-order valence-corrected chi connectivity index (χ2v) is 7.81. The van der Waals surface area contributed by atoms with Crippen LogP contribution in [0, 0.1) is 5.92 Å². The fourth-order valence-corrected chi connectivity index (χ4v) is 3.87. The van der Waals surface area contributed by atoms with E-state index in [0.717, 1.165) is 0 Å². The van der Waals surface area contributed by atoms with E-state index in [1.807, 2.05) is 13.8 Å². The summed E-state index contributed by atoms with van der Waals surface area (Å²) in [6.07, 6.45) is 0. The van der Waals surface area contributed by atoms with Gasteiger partial charge in [0.25, 0.3) is 5.56 Å². The first-order valence-corrected chi connectivity index (χ1v) is 9.89. The van der Waals surface area contributed by atoms with Crippen molar-refractivity contribution < 1.29 is 14.3 Å². The van der Waals surface area contributed by atoms with Crippen molar-refractivity contribution in [2.45, 2.75) is 26.9 Å². The van der Waals surface area contributed by atoms with E-state index in [1.165, 1.54) is 33.6 Å². The number of thiophene rings is 1. The van der Waals surface area contributed by atoms with E-state index in [9.17, 15) is 19.2 Å². The van der Waals surface area contributed by atoms with Gasteiger partial charge in [0.1, 0.15) is 11.2 Å². The van der Waals surface area contributed by atoms with Crippen LogP contribution in [0.25, 0.3) is 10.2 Å². The molecule has 0 fully saturated rings. The molecular weight excluding hydrogens is 394 g/mol. The molecule has 9 heteroatoms. The van der Waals surface area contributed by atoms with Crippen molar-refractivity contribution >= 4 is 39.1 Å². The topological polar surface area (TPSA) is 99.4 Å². The van der Waals surface area contributed by atoms with Crippen LogP contribution in [0.2, 0.25) is 0 Å². The number of nitrogens with one attached hydrogen (secondary N) is 1. The normalized spacial score (nSPS) is 11.0. The highest BCUT2D eigenvalue weighted by atomic mass is 32.1. The van der Waals surface area contributed by atoms with Crippen molar-refractivity contribution in [2.75, 3.05) is 12.4 Å². The highest BCUT2D eigenvalue weighted by Crippen LogP contribution is 2.18. The number of fused-ring (bicyclic) bond motifs is 1. The molecule has 0 bridgehead atoms. The SMILES string of the molecule is COC(=O)c1ccccc1NC(=O)Cn1c(=O)n(CC(C)C)c(=O)c2sccc21. The maximum absolute atomic E-state index is 12.9. The zero-order valence-electron chi connectivity index (χ0n) is 16.3. The minimum absolute atomic E-state index is 0.0898. The highest BCUT2D eigenvalue weighted by molar-refractivity contribution is 7.17. The summed E-state index contributed by atoms with van der Waals surface area (Å²) < 4.78 is 7.60. The zero-order chi connectivity index (χ0) is 21.1. The summed E-state index contributed by atoms with van der Waals surface area (Å²) in [4.78, 5) is 50.1. The summed E-state index contributed by atoms with van der Waals surface area (Å²) in [5, 5.41) is 4.36. The fraction of sp³-hybridized carbons (Fsp3) is 0.300. The summed E-state index contributed by atoms with van der Waals surface area (Å²) in [6.45, 7) is 3.79. The van der Waals surface area contributed by atoms with E-state index in [-0.39, 0.29) is 35.8 Å². The average molecular weight is 415 g/mol. The molecule has 0 spiro atoms. The molecule has 0 unspecified atom stereocenters. The number of esters is 1. The Labute approximate surface area is 170 Å². The van der Waals surface area contributed by atoms with Gasteiger partial charge in [-0.25, -0.2) is 9.59 Å². The van der Waals surface area contributed by atoms with Crippen molar-refractivity contribution in [3.05, 3.63) is 62.1 Å². The van der Waals surface area contributed by atoms with Crippen LogP contribution in [0.15, 0.2) is 45.3 Å². The monoisotopic (exact) mass is 415 g/mol. The van der Waals surface area contributed by atoms with Gasteiger partial charge in [-0.05, 0) is 29.5 Å². The van der Waals surface area contributed by atoms with Crippen molar-refractivity contribution in [3.8, 4) is 0 Å². The van der Waals surface area contributed by atoms with Crippen LogP contribution >= 0.6 is 11.3 Å². The van der Waals surface area contributed by atoms with Crippen LogP contribution in [0.5, 0.6) is 0 Å². The van der Waals surface area contributed by atoms with Gasteiger partial charge in [0.05, 0.1) is 23.9 Å². The first-order chi connectivity index (χ1) is 13.8. The summed E-state index contributed by atoms with van der Waals surface area (Å²) in [5.41, 5.74) is 0.0319. The molecule has 152 valence electrons. The molecule has 0 atom stereocenters. The second-order valence-electron chi connectivity index (χ2n) is 6.90. The molecule has 1 aromatic carbocycles. The van der Waals surface area contributed by atoms with Gasteiger partial charge in [0.15, 0.2) is 0 Å². The summed E-state index contributed by atoms with van der Waals surface area (Å²) >= 11 is 1.23. The number of ether oxygens (including phenoxy) is 1. The minimum atomic E-state index is -0.580. The molecule has 2 aromatic heterocycles. The van der Waals surface area contributed by atoms with E-state index in [2.05, 4.69) is 5.32 Å². The van der Waals surface area contributed by atoms with Gasteiger partial charge in [-0.3, -0.25) is 18.7 Å². The zero-order valence-corrected chi connectivity index (χ0v) is 17.1. The molecule has 0 aliphatic heterocycles. The lowest BCUT2D eigenvalue weighted by atomic mass is 10.2. The highest BCUT2D eigenvalue weighted by Gasteiger charge is 2.18. The predicted octanol–water partition coefficient (Wildman–Crippen LogP) is 2.31. The largest absolute Gasteiger partial charge is 0.465 e. The molecule has 0 saturated carbocycles. The second kappa shape index (κ2) is 8.44. The molecule has 0 aliphatic rings. The van der Waals surface area contributed by atoms with Crippen molar-refractivity contribution in [1.82, 2.24) is 9.13 Å². The number of rotatable bonds is 6. The quantitative estimate of drug-likeness (QED) is 0.623. The van der Waals surface area contributed by atoms with Crippen molar-refractivity contribution in [3.63, 3.8) is 0 Å². The number of benzene rings is 1. The number of hydrogen-bond acceptors (Lipinski definition) is 6. The standard InChI is InChI=1S/C20H21N3O5S/c1-12(2)10-23-18(25)17-15(8-9-29-17)22(20(23)27)11-16(24)21-14-7-5-4-6-13(14)19(26)28-3/h4-9,12H,10-11H2,1-3H3,(H,21,24). The Morgan fingerprint density at radius 1 is 1.14 bits per heavy atom. The van der Waals surface area contributed by atoms with E-state index < -0.39 is 17.6 Å². The van der Waals surface area contributed by atoms with Crippen LogP contribution in [0.4, 0.5) is 5.69 Å². The first-order valence-electron chi connectivity index (χ1n) is 9.01. The third-order valence-corrected chi connectivity index (χ3v) is 5.18. The maximum atomic E-state index is 12.9. The Balaban J connectivity index is 1.98. The molecule has 0 saturated heterocycles. The average Bonchev–Trinajstić information content (AvgIpc) is 3.18. The molecule has 1 N–H and O–H groups in total. The Morgan fingerprint density at radius 3 is 2.55 bits per heavy atom. The van der Waals surface area contributed by atoms with Gasteiger partial charge >= 0.3 is 11.7 Å². The molecule has 3 aromatic rings. The number of para-hydroxylation sites is 1. The number of aromatic nitrogens is 2. The van der Waals surface area contributed by atoms with Gasteiger partial charge < -0.3 is 10.1 Å². The first kappa shape index (κ1) is 20.5. The number of hydrogen-bond donors (Lipinski definition) is 1. The van der Waals surface area contributed by atoms with Gasteiger partial charge in [0, 0.05) is 6.54 Å². The lowest BCUT2D eigenvalue weighted by Crippen LogP contribution is -2.42. The number of methoxy groups -OCH3 is 1. The number of anilines is 1. The third kappa shape index (κ3) is 4.14. The molecule has 0 aliphatic carbocycles. The molecule has 0 radical (unpaired) electrons. The predicted molar refractivity (Wildman–Crippen MR) is 112 cm³/mol. The number of amides is 1.